The van der Waals surface area contributed by atoms with Gasteiger partial charge in [-0.1, -0.05) is 66.7 Å². The molecule has 266 valence electrons. The maximum Gasteiger partial charge on any atom is 0.410 e. The zero-order valence-electron chi connectivity index (χ0n) is 28.9. The molecular weight excluding hydrogens is 636 g/mol. The van der Waals surface area contributed by atoms with Crippen molar-refractivity contribution in [3.63, 3.8) is 0 Å². The summed E-state index contributed by atoms with van der Waals surface area (Å²) < 4.78 is 28.3. The first kappa shape index (κ1) is 35.3. The Hall–Kier alpha value is -4.49. The van der Waals surface area contributed by atoms with E-state index in [1.54, 1.807) is 4.90 Å². The maximum absolute atomic E-state index is 13.1. The molecule has 4 aromatic rings. The number of benzene rings is 3. The van der Waals surface area contributed by atoms with Gasteiger partial charge in [0, 0.05) is 55.4 Å². The molecule has 1 amide bonds. The van der Waals surface area contributed by atoms with Crippen LogP contribution in [0, 0.1) is 0 Å². The van der Waals surface area contributed by atoms with Gasteiger partial charge in [-0.05, 0) is 30.4 Å². The van der Waals surface area contributed by atoms with Crippen molar-refractivity contribution in [1.82, 2.24) is 14.9 Å². The Kier molecular flexibility index (Phi) is 12.7. The zero-order valence-corrected chi connectivity index (χ0v) is 28.9. The van der Waals surface area contributed by atoms with Crippen molar-refractivity contribution in [2.24, 2.45) is 5.73 Å². The summed E-state index contributed by atoms with van der Waals surface area (Å²) in [6, 6.07) is 24.9. The summed E-state index contributed by atoms with van der Waals surface area (Å²) >= 11 is 0. The number of carbonyl (C=O) groups is 1. The number of amides is 1. The second-order valence-corrected chi connectivity index (χ2v) is 12.4. The SMILES string of the molecule is C[C@@H]1CN(c2nc(OCCOCCOCCOCCN)nc3c2CCN(c2cccc4ccccc24)C3)CCN1C(=O)OCc1ccccc1. The number of ether oxygens (including phenoxy) is 5. The van der Waals surface area contributed by atoms with Crippen LogP contribution in [0.15, 0.2) is 72.8 Å². The second-order valence-electron chi connectivity index (χ2n) is 12.4. The highest BCUT2D eigenvalue weighted by atomic mass is 16.6. The molecule has 12 nitrogen and oxygen atoms in total. The summed E-state index contributed by atoms with van der Waals surface area (Å²) in [7, 11) is 0. The van der Waals surface area contributed by atoms with E-state index in [9.17, 15) is 4.79 Å². The smallest absolute Gasteiger partial charge is 0.410 e. The number of aromatic nitrogens is 2. The first-order chi connectivity index (χ1) is 24.6. The van der Waals surface area contributed by atoms with Gasteiger partial charge in [-0.15, -0.1) is 0 Å². The number of piperazine rings is 1. The fourth-order valence-electron chi connectivity index (χ4n) is 6.44. The lowest BCUT2D eigenvalue weighted by molar-refractivity contribution is 0.0100. The lowest BCUT2D eigenvalue weighted by atomic mass is 10.0. The van der Waals surface area contributed by atoms with Gasteiger partial charge in [0.1, 0.15) is 19.0 Å². The fourth-order valence-corrected chi connectivity index (χ4v) is 6.44. The highest BCUT2D eigenvalue weighted by molar-refractivity contribution is 5.94. The summed E-state index contributed by atoms with van der Waals surface area (Å²) in [5.41, 5.74) is 9.66. The van der Waals surface area contributed by atoms with E-state index in [2.05, 4.69) is 59.2 Å². The molecule has 0 spiro atoms. The van der Waals surface area contributed by atoms with E-state index in [0.29, 0.717) is 85.0 Å². The predicted molar refractivity (Wildman–Crippen MR) is 193 cm³/mol. The molecule has 2 aliphatic rings. The summed E-state index contributed by atoms with van der Waals surface area (Å²) in [5.74, 6) is 0.873. The van der Waals surface area contributed by atoms with Gasteiger partial charge in [0.25, 0.3) is 0 Å². The average Bonchev–Trinajstić information content (AvgIpc) is 3.15. The third-order valence-corrected chi connectivity index (χ3v) is 8.96. The number of anilines is 2. The van der Waals surface area contributed by atoms with Crippen LogP contribution in [-0.4, -0.2) is 106 Å². The summed E-state index contributed by atoms with van der Waals surface area (Å²) in [6.07, 6.45) is 0.494. The van der Waals surface area contributed by atoms with Crippen LogP contribution >= 0.6 is 0 Å². The number of fused-ring (bicyclic) bond motifs is 2. The molecule has 0 aliphatic carbocycles. The average molecular weight is 685 g/mol. The monoisotopic (exact) mass is 684 g/mol. The van der Waals surface area contributed by atoms with Gasteiger partial charge < -0.3 is 44.1 Å². The topological polar surface area (TPSA) is 125 Å². The van der Waals surface area contributed by atoms with Gasteiger partial charge in [-0.25, -0.2) is 4.79 Å². The molecule has 3 aromatic carbocycles. The molecule has 3 heterocycles. The van der Waals surface area contributed by atoms with E-state index in [1.165, 1.54) is 16.5 Å². The van der Waals surface area contributed by atoms with Crippen LogP contribution in [0.3, 0.4) is 0 Å². The molecule has 1 atom stereocenters. The fraction of sp³-hybridized carbons (Fsp3) is 0.447. The molecule has 1 aromatic heterocycles. The van der Waals surface area contributed by atoms with E-state index < -0.39 is 0 Å². The number of nitrogens with zero attached hydrogens (tertiary/aromatic N) is 5. The molecule has 0 saturated carbocycles. The van der Waals surface area contributed by atoms with Crippen LogP contribution in [-0.2, 0) is 38.5 Å². The van der Waals surface area contributed by atoms with E-state index in [4.69, 9.17) is 39.4 Å². The van der Waals surface area contributed by atoms with Crippen molar-refractivity contribution in [3.8, 4) is 6.01 Å². The molecule has 6 rings (SSSR count). The van der Waals surface area contributed by atoms with Gasteiger partial charge in [0.05, 0.1) is 51.9 Å². The number of rotatable bonds is 16. The van der Waals surface area contributed by atoms with Crippen LogP contribution < -0.4 is 20.3 Å². The first-order valence-electron chi connectivity index (χ1n) is 17.5. The van der Waals surface area contributed by atoms with Gasteiger partial charge in [-0.3, -0.25) is 0 Å². The molecule has 0 bridgehead atoms. The highest BCUT2D eigenvalue weighted by Crippen LogP contribution is 2.34. The molecule has 1 saturated heterocycles. The zero-order chi connectivity index (χ0) is 34.5. The molecule has 0 unspecified atom stereocenters. The largest absolute Gasteiger partial charge is 0.461 e. The molecule has 50 heavy (non-hydrogen) atoms. The molecule has 12 heteroatoms. The second kappa shape index (κ2) is 18.0. The molecule has 0 radical (unpaired) electrons. The minimum absolute atomic E-state index is 0.0689. The highest BCUT2D eigenvalue weighted by Gasteiger charge is 2.33. The number of carbonyl (C=O) groups excluding carboxylic acids is 1. The predicted octanol–water partition coefficient (Wildman–Crippen LogP) is 4.43. The van der Waals surface area contributed by atoms with Crippen LogP contribution in [0.2, 0.25) is 0 Å². The minimum Gasteiger partial charge on any atom is -0.461 e. The Morgan fingerprint density at radius 1 is 0.800 bits per heavy atom. The standard InChI is InChI=1S/C38H48N6O6/c1-29-26-43(17-18-44(29)38(45)50-28-30-8-3-2-4-9-30)36-33-14-16-42(35-13-7-11-31-10-5-6-12-32(31)35)27-34(33)40-37(41-36)49-25-24-48-23-22-47-21-20-46-19-15-39/h2-13,29H,14-28,39H2,1H3/t29-/m1/s1. The third kappa shape index (κ3) is 9.19. The van der Waals surface area contributed by atoms with Gasteiger partial charge >= 0.3 is 12.1 Å². The Bertz CT molecular complexity index is 1670. The van der Waals surface area contributed by atoms with E-state index >= 15 is 0 Å². The van der Waals surface area contributed by atoms with Crippen molar-refractivity contribution in [2.45, 2.75) is 32.5 Å². The van der Waals surface area contributed by atoms with E-state index in [-0.39, 0.29) is 18.7 Å². The Labute approximate surface area is 294 Å². The molecule has 2 N–H and O–H groups in total. The van der Waals surface area contributed by atoms with Crippen molar-refractivity contribution < 1.29 is 28.5 Å². The lowest BCUT2D eigenvalue weighted by Gasteiger charge is -2.41. The van der Waals surface area contributed by atoms with Gasteiger partial charge in [0.15, 0.2) is 0 Å². The molecule has 1 fully saturated rings. The first-order valence-corrected chi connectivity index (χ1v) is 17.5. The summed E-state index contributed by atoms with van der Waals surface area (Å²) in [4.78, 5) is 29.4. The normalized spacial score (nSPS) is 16.0. The van der Waals surface area contributed by atoms with Crippen LogP contribution in [0.5, 0.6) is 6.01 Å². The summed E-state index contributed by atoms with van der Waals surface area (Å²) in [5, 5.41) is 2.43. The van der Waals surface area contributed by atoms with Gasteiger partial charge in [0.2, 0.25) is 0 Å². The minimum atomic E-state index is -0.300. The van der Waals surface area contributed by atoms with Crippen LogP contribution in [0.25, 0.3) is 10.8 Å². The van der Waals surface area contributed by atoms with E-state index in [0.717, 1.165) is 35.6 Å². The molecule has 2 aliphatic heterocycles. The maximum atomic E-state index is 13.1. The lowest BCUT2D eigenvalue weighted by Crippen LogP contribution is -2.54. The van der Waals surface area contributed by atoms with Crippen molar-refractivity contribution in [3.05, 3.63) is 89.6 Å². The van der Waals surface area contributed by atoms with Crippen molar-refractivity contribution in [2.75, 3.05) is 88.8 Å². The number of nitrogens with two attached hydrogens (primary N) is 1. The summed E-state index contributed by atoms with van der Waals surface area (Å²) in [6.45, 7) is 9.22. The van der Waals surface area contributed by atoms with Crippen LogP contribution in [0.4, 0.5) is 16.3 Å². The number of hydrogen-bond donors (Lipinski definition) is 1. The Balaban J connectivity index is 1.12. The Morgan fingerprint density at radius 3 is 2.30 bits per heavy atom. The Morgan fingerprint density at radius 2 is 1.52 bits per heavy atom. The van der Waals surface area contributed by atoms with E-state index in [1.807, 2.05) is 30.3 Å². The van der Waals surface area contributed by atoms with Crippen molar-refractivity contribution in [1.29, 1.82) is 0 Å². The van der Waals surface area contributed by atoms with Crippen LogP contribution in [0.1, 0.15) is 23.7 Å². The molecular formula is C38H48N6O6. The number of hydrogen-bond acceptors (Lipinski definition) is 11. The van der Waals surface area contributed by atoms with Gasteiger partial charge in [-0.2, -0.15) is 9.97 Å². The quantitative estimate of drug-likeness (QED) is 0.169. The van der Waals surface area contributed by atoms with Crippen molar-refractivity contribution >= 4 is 28.4 Å². The third-order valence-electron chi connectivity index (χ3n) is 8.96.